The van der Waals surface area contributed by atoms with E-state index in [-0.39, 0.29) is 11.3 Å². The normalized spacial score (nSPS) is 10.8. The van der Waals surface area contributed by atoms with Gasteiger partial charge in [0.1, 0.15) is 5.82 Å². The van der Waals surface area contributed by atoms with Crippen LogP contribution in [-0.4, -0.2) is 25.6 Å². The third-order valence-corrected chi connectivity index (χ3v) is 2.96. The number of anilines is 2. The fraction of sp³-hybridized carbons (Fsp3) is 0.0769. The molecule has 2 rings (SSSR count). The van der Waals surface area contributed by atoms with E-state index >= 15 is 0 Å². The van der Waals surface area contributed by atoms with Gasteiger partial charge in [0.25, 0.3) is 5.91 Å². The maximum Gasteiger partial charge on any atom is 0.258 e. The third-order valence-electron chi connectivity index (χ3n) is 2.37. The van der Waals surface area contributed by atoms with Crippen LogP contribution in [0.4, 0.5) is 11.5 Å². The number of amides is 1. The Morgan fingerprint density at radius 1 is 1.10 bits per heavy atom. The number of sulfonamides is 1. The summed E-state index contributed by atoms with van der Waals surface area (Å²) in [5, 5.41) is 2.60. The maximum atomic E-state index is 12.1. The highest BCUT2D eigenvalue weighted by molar-refractivity contribution is 7.92. The minimum atomic E-state index is -3.45. The van der Waals surface area contributed by atoms with Crippen molar-refractivity contribution in [3.8, 4) is 0 Å². The second-order valence-corrected chi connectivity index (χ2v) is 5.84. The molecule has 7 heteroatoms. The Kier molecular flexibility index (Phi) is 3.99. The molecule has 1 aromatic heterocycles. The Morgan fingerprint density at radius 2 is 1.80 bits per heavy atom. The minimum absolute atomic E-state index is 0.225. The van der Waals surface area contributed by atoms with Gasteiger partial charge >= 0.3 is 0 Å². The molecule has 0 spiro atoms. The molecular formula is C13H13N3O3S. The molecule has 1 amide bonds. The number of nitrogens with zero attached hydrogens (tertiary/aromatic N) is 1. The zero-order valence-electron chi connectivity index (χ0n) is 10.7. The van der Waals surface area contributed by atoms with E-state index in [4.69, 9.17) is 0 Å². The zero-order chi connectivity index (χ0) is 14.6. The highest BCUT2D eigenvalue weighted by Crippen LogP contribution is 2.17. The monoisotopic (exact) mass is 291 g/mol. The summed E-state index contributed by atoms with van der Waals surface area (Å²) in [6.07, 6.45) is 2.58. The molecule has 0 aliphatic rings. The molecule has 104 valence electrons. The molecular weight excluding hydrogens is 278 g/mol. The molecule has 0 saturated carbocycles. The van der Waals surface area contributed by atoms with Gasteiger partial charge in [0.05, 0.1) is 17.5 Å². The standard InChI is InChI=1S/C13H13N3O3S/c1-20(18,19)16-11-7-3-2-6-10(11)13(17)15-12-8-4-5-9-14-12/h2-9,16H,1H3,(H,14,15,17). The predicted molar refractivity (Wildman–Crippen MR) is 77.1 cm³/mol. The average molecular weight is 291 g/mol. The van der Waals surface area contributed by atoms with Crippen molar-refractivity contribution < 1.29 is 13.2 Å². The number of hydrogen-bond donors (Lipinski definition) is 2. The first-order valence-corrected chi connectivity index (χ1v) is 7.64. The second kappa shape index (κ2) is 5.70. The van der Waals surface area contributed by atoms with Crippen molar-refractivity contribution >= 4 is 27.4 Å². The lowest BCUT2D eigenvalue weighted by molar-refractivity contribution is 0.102. The predicted octanol–water partition coefficient (Wildman–Crippen LogP) is 1.71. The van der Waals surface area contributed by atoms with E-state index in [1.165, 1.54) is 12.1 Å². The molecule has 1 aromatic carbocycles. The van der Waals surface area contributed by atoms with E-state index in [0.29, 0.717) is 5.82 Å². The van der Waals surface area contributed by atoms with Crippen LogP contribution in [0.1, 0.15) is 10.4 Å². The summed E-state index contributed by atoms with van der Waals surface area (Å²) in [6.45, 7) is 0. The summed E-state index contributed by atoms with van der Waals surface area (Å²) in [5.41, 5.74) is 0.451. The Labute approximate surface area is 116 Å². The number of nitrogens with one attached hydrogen (secondary N) is 2. The average Bonchev–Trinajstić information content (AvgIpc) is 2.38. The summed E-state index contributed by atoms with van der Waals surface area (Å²) in [4.78, 5) is 16.1. The smallest absolute Gasteiger partial charge is 0.258 e. The Balaban J connectivity index is 2.26. The van der Waals surface area contributed by atoms with Gasteiger partial charge in [-0.2, -0.15) is 0 Å². The quantitative estimate of drug-likeness (QED) is 0.897. The first-order valence-electron chi connectivity index (χ1n) is 5.75. The zero-order valence-corrected chi connectivity index (χ0v) is 11.5. The molecule has 0 aliphatic heterocycles. The molecule has 0 aliphatic carbocycles. The van der Waals surface area contributed by atoms with Crippen LogP contribution in [0.5, 0.6) is 0 Å². The van der Waals surface area contributed by atoms with Crippen LogP contribution in [0, 0.1) is 0 Å². The third kappa shape index (κ3) is 3.79. The number of carbonyl (C=O) groups excluding carboxylic acids is 1. The molecule has 0 atom stereocenters. The van der Waals surface area contributed by atoms with Crippen LogP contribution in [0.15, 0.2) is 48.7 Å². The van der Waals surface area contributed by atoms with Gasteiger partial charge in [-0.1, -0.05) is 18.2 Å². The maximum absolute atomic E-state index is 12.1. The van der Waals surface area contributed by atoms with Crippen molar-refractivity contribution in [3.05, 3.63) is 54.2 Å². The van der Waals surface area contributed by atoms with Crippen molar-refractivity contribution in [2.75, 3.05) is 16.3 Å². The lowest BCUT2D eigenvalue weighted by Gasteiger charge is -2.10. The van der Waals surface area contributed by atoms with E-state index in [0.717, 1.165) is 6.26 Å². The van der Waals surface area contributed by atoms with Crippen LogP contribution >= 0.6 is 0 Å². The van der Waals surface area contributed by atoms with E-state index in [9.17, 15) is 13.2 Å². The first kappa shape index (κ1) is 14.0. The summed E-state index contributed by atoms with van der Waals surface area (Å²) in [7, 11) is -3.45. The molecule has 2 aromatic rings. The molecule has 0 saturated heterocycles. The van der Waals surface area contributed by atoms with Gasteiger partial charge in [-0.3, -0.25) is 9.52 Å². The number of hydrogen-bond acceptors (Lipinski definition) is 4. The van der Waals surface area contributed by atoms with Gasteiger partial charge in [-0.05, 0) is 24.3 Å². The SMILES string of the molecule is CS(=O)(=O)Nc1ccccc1C(=O)Nc1ccccn1. The number of aromatic nitrogens is 1. The Morgan fingerprint density at radius 3 is 2.45 bits per heavy atom. The van der Waals surface area contributed by atoms with Crippen LogP contribution in [0.3, 0.4) is 0 Å². The molecule has 0 radical (unpaired) electrons. The Bertz CT molecular complexity index is 715. The summed E-state index contributed by atoms with van der Waals surface area (Å²) in [5.74, 6) is -0.0397. The highest BCUT2D eigenvalue weighted by atomic mass is 32.2. The van der Waals surface area contributed by atoms with Crippen molar-refractivity contribution in [2.45, 2.75) is 0 Å². The fourth-order valence-corrected chi connectivity index (χ4v) is 2.17. The molecule has 0 fully saturated rings. The lowest BCUT2D eigenvalue weighted by Crippen LogP contribution is -2.17. The number of benzene rings is 1. The van der Waals surface area contributed by atoms with Crippen molar-refractivity contribution in [2.24, 2.45) is 0 Å². The van der Waals surface area contributed by atoms with Gasteiger partial charge < -0.3 is 5.32 Å². The van der Waals surface area contributed by atoms with Crippen LogP contribution in [-0.2, 0) is 10.0 Å². The van der Waals surface area contributed by atoms with E-state index < -0.39 is 15.9 Å². The lowest BCUT2D eigenvalue weighted by atomic mass is 10.1. The number of para-hydroxylation sites is 1. The van der Waals surface area contributed by atoms with Crippen LogP contribution in [0.2, 0.25) is 0 Å². The molecule has 2 N–H and O–H groups in total. The van der Waals surface area contributed by atoms with Crippen molar-refractivity contribution in [3.63, 3.8) is 0 Å². The van der Waals surface area contributed by atoms with E-state index in [1.54, 1.807) is 36.5 Å². The molecule has 1 heterocycles. The van der Waals surface area contributed by atoms with Gasteiger partial charge in [0.2, 0.25) is 10.0 Å². The van der Waals surface area contributed by atoms with Crippen LogP contribution in [0.25, 0.3) is 0 Å². The fourth-order valence-electron chi connectivity index (χ4n) is 1.59. The van der Waals surface area contributed by atoms with E-state index in [1.807, 2.05) is 0 Å². The summed E-state index contributed by atoms with van der Waals surface area (Å²) in [6, 6.07) is 11.5. The van der Waals surface area contributed by atoms with Gasteiger partial charge in [-0.15, -0.1) is 0 Å². The van der Waals surface area contributed by atoms with Crippen molar-refractivity contribution in [1.29, 1.82) is 0 Å². The van der Waals surface area contributed by atoms with Crippen LogP contribution < -0.4 is 10.0 Å². The summed E-state index contributed by atoms with van der Waals surface area (Å²) < 4.78 is 24.9. The number of rotatable bonds is 4. The molecule has 0 unspecified atom stereocenters. The van der Waals surface area contributed by atoms with E-state index in [2.05, 4.69) is 15.0 Å². The molecule has 20 heavy (non-hydrogen) atoms. The topological polar surface area (TPSA) is 88.2 Å². The molecule has 0 bridgehead atoms. The largest absolute Gasteiger partial charge is 0.306 e. The first-order chi connectivity index (χ1) is 9.46. The summed E-state index contributed by atoms with van der Waals surface area (Å²) >= 11 is 0. The Hall–Kier alpha value is -2.41. The van der Waals surface area contributed by atoms with Gasteiger partial charge in [0, 0.05) is 6.20 Å². The van der Waals surface area contributed by atoms with Gasteiger partial charge in [0.15, 0.2) is 0 Å². The van der Waals surface area contributed by atoms with Gasteiger partial charge in [-0.25, -0.2) is 13.4 Å². The second-order valence-electron chi connectivity index (χ2n) is 4.09. The minimum Gasteiger partial charge on any atom is -0.306 e. The highest BCUT2D eigenvalue weighted by Gasteiger charge is 2.13. The van der Waals surface area contributed by atoms with Crippen molar-refractivity contribution in [1.82, 2.24) is 4.98 Å². The number of carbonyl (C=O) groups is 1. The number of pyridine rings is 1. The molecule has 6 nitrogen and oxygen atoms in total.